The monoisotopic (exact) mass is 262 g/mol. The number of benzene rings is 1. The van der Waals surface area contributed by atoms with E-state index in [4.69, 9.17) is 0 Å². The Labute approximate surface area is 114 Å². The van der Waals surface area contributed by atoms with E-state index < -0.39 is 6.10 Å². The molecule has 1 amide bonds. The Morgan fingerprint density at radius 2 is 1.95 bits per heavy atom. The molecular weight excluding hydrogens is 240 g/mol. The molecule has 1 aliphatic rings. The average molecular weight is 262 g/mol. The number of anilines is 1. The lowest BCUT2D eigenvalue weighted by molar-refractivity contribution is 0.0717. The van der Waals surface area contributed by atoms with E-state index in [1.165, 1.54) is 0 Å². The molecule has 1 fully saturated rings. The van der Waals surface area contributed by atoms with Crippen LogP contribution in [0.4, 0.5) is 5.69 Å². The summed E-state index contributed by atoms with van der Waals surface area (Å²) in [5.74, 6) is -0.103. The molecule has 0 aliphatic heterocycles. The lowest BCUT2D eigenvalue weighted by atomic mass is 9.92. The van der Waals surface area contributed by atoms with Crippen molar-refractivity contribution >= 4 is 11.6 Å². The molecule has 104 valence electrons. The Bertz CT molecular complexity index is 417. The molecule has 2 atom stereocenters. The van der Waals surface area contributed by atoms with E-state index in [1.54, 1.807) is 0 Å². The van der Waals surface area contributed by atoms with Crippen molar-refractivity contribution in [2.75, 3.05) is 11.9 Å². The molecule has 1 aliphatic carbocycles. The van der Waals surface area contributed by atoms with Gasteiger partial charge in [0.1, 0.15) is 0 Å². The van der Waals surface area contributed by atoms with Gasteiger partial charge < -0.3 is 15.7 Å². The Morgan fingerprint density at radius 3 is 2.58 bits per heavy atom. The van der Waals surface area contributed by atoms with E-state index in [9.17, 15) is 9.90 Å². The van der Waals surface area contributed by atoms with Gasteiger partial charge in [-0.3, -0.25) is 4.79 Å². The minimum atomic E-state index is -0.404. The molecule has 2 rings (SSSR count). The van der Waals surface area contributed by atoms with Gasteiger partial charge in [0, 0.05) is 17.8 Å². The van der Waals surface area contributed by atoms with Gasteiger partial charge in [0.15, 0.2) is 0 Å². The third-order valence-electron chi connectivity index (χ3n) is 3.57. The highest BCUT2D eigenvalue weighted by atomic mass is 16.3. The van der Waals surface area contributed by atoms with E-state index in [0.717, 1.165) is 37.9 Å². The minimum Gasteiger partial charge on any atom is -0.391 e. The van der Waals surface area contributed by atoms with Crippen molar-refractivity contribution in [2.24, 2.45) is 0 Å². The predicted octanol–water partition coefficient (Wildman–Crippen LogP) is 2.15. The number of aliphatic hydroxyl groups excluding tert-OH is 1. The van der Waals surface area contributed by atoms with E-state index in [-0.39, 0.29) is 11.9 Å². The first-order valence-corrected chi connectivity index (χ1v) is 7.03. The number of carbonyl (C=O) groups is 1. The normalized spacial score (nSPS) is 22.8. The third-order valence-corrected chi connectivity index (χ3v) is 3.57. The number of hydrogen-bond acceptors (Lipinski definition) is 3. The first-order valence-electron chi connectivity index (χ1n) is 7.03. The highest BCUT2D eigenvalue weighted by molar-refractivity contribution is 5.94. The number of carbonyl (C=O) groups excluding carboxylic acids is 1. The Balaban J connectivity index is 1.95. The zero-order valence-electron chi connectivity index (χ0n) is 11.4. The summed E-state index contributed by atoms with van der Waals surface area (Å²) >= 11 is 0. The quantitative estimate of drug-likeness (QED) is 0.779. The minimum absolute atomic E-state index is 0.102. The van der Waals surface area contributed by atoms with Gasteiger partial charge in [-0.15, -0.1) is 0 Å². The lowest BCUT2D eigenvalue weighted by Gasteiger charge is -2.28. The van der Waals surface area contributed by atoms with Crippen molar-refractivity contribution < 1.29 is 9.90 Å². The number of hydrogen-bond donors (Lipinski definition) is 3. The lowest BCUT2D eigenvalue weighted by Crippen LogP contribution is -2.45. The Morgan fingerprint density at radius 1 is 1.26 bits per heavy atom. The second kappa shape index (κ2) is 6.57. The highest BCUT2D eigenvalue weighted by Gasteiger charge is 2.24. The molecule has 0 heterocycles. The first kappa shape index (κ1) is 13.9. The molecular formula is C15H22N2O2. The molecule has 0 spiro atoms. The summed E-state index contributed by atoms with van der Waals surface area (Å²) in [6, 6.07) is 7.31. The summed E-state index contributed by atoms with van der Waals surface area (Å²) in [5, 5.41) is 16.0. The summed E-state index contributed by atoms with van der Waals surface area (Å²) in [6.45, 7) is 2.89. The van der Waals surface area contributed by atoms with Crippen LogP contribution < -0.4 is 10.6 Å². The second-order valence-corrected chi connectivity index (χ2v) is 5.04. The third kappa shape index (κ3) is 3.70. The summed E-state index contributed by atoms with van der Waals surface area (Å²) in [6.07, 6.45) is 3.36. The van der Waals surface area contributed by atoms with Gasteiger partial charge in [0.05, 0.1) is 12.1 Å². The van der Waals surface area contributed by atoms with Crippen molar-refractivity contribution in [3.05, 3.63) is 29.8 Å². The van der Waals surface area contributed by atoms with Crippen LogP contribution in [0.15, 0.2) is 24.3 Å². The van der Waals surface area contributed by atoms with Crippen LogP contribution >= 0.6 is 0 Å². The summed E-state index contributed by atoms with van der Waals surface area (Å²) < 4.78 is 0. The molecule has 19 heavy (non-hydrogen) atoms. The number of aliphatic hydroxyl groups is 1. The van der Waals surface area contributed by atoms with Crippen LogP contribution in [0.1, 0.15) is 43.0 Å². The van der Waals surface area contributed by atoms with Crippen LogP contribution in [0, 0.1) is 0 Å². The topological polar surface area (TPSA) is 61.4 Å². The molecule has 4 nitrogen and oxygen atoms in total. The van der Waals surface area contributed by atoms with Gasteiger partial charge in [-0.25, -0.2) is 0 Å². The molecule has 1 saturated carbocycles. The standard InChI is InChI=1S/C15H22N2O2/c1-2-16-12-9-7-11(8-10-12)15(19)17-13-5-3-4-6-14(13)18/h7-10,13-14,16,18H,2-6H2,1H3,(H,17,19). The van der Waals surface area contributed by atoms with Crippen molar-refractivity contribution in [2.45, 2.75) is 44.8 Å². The maximum Gasteiger partial charge on any atom is 0.251 e. The van der Waals surface area contributed by atoms with Crippen molar-refractivity contribution in [1.82, 2.24) is 5.32 Å². The van der Waals surface area contributed by atoms with Gasteiger partial charge in [-0.2, -0.15) is 0 Å². The van der Waals surface area contributed by atoms with Crippen LogP contribution in [0.3, 0.4) is 0 Å². The van der Waals surface area contributed by atoms with Crippen molar-refractivity contribution in [3.8, 4) is 0 Å². The molecule has 0 radical (unpaired) electrons. The Kier molecular flexibility index (Phi) is 4.80. The first-order chi connectivity index (χ1) is 9.20. The van der Waals surface area contributed by atoms with Crippen molar-refractivity contribution in [3.63, 3.8) is 0 Å². The van der Waals surface area contributed by atoms with Crippen LogP contribution in [-0.4, -0.2) is 29.7 Å². The zero-order chi connectivity index (χ0) is 13.7. The average Bonchev–Trinajstić information content (AvgIpc) is 2.42. The zero-order valence-corrected chi connectivity index (χ0v) is 11.4. The molecule has 2 unspecified atom stereocenters. The van der Waals surface area contributed by atoms with E-state index >= 15 is 0 Å². The summed E-state index contributed by atoms with van der Waals surface area (Å²) in [7, 11) is 0. The number of rotatable bonds is 4. The molecule has 0 bridgehead atoms. The fraction of sp³-hybridized carbons (Fsp3) is 0.533. The van der Waals surface area contributed by atoms with Gasteiger partial charge in [0.25, 0.3) is 5.91 Å². The van der Waals surface area contributed by atoms with E-state index in [1.807, 2.05) is 31.2 Å². The molecule has 4 heteroatoms. The van der Waals surface area contributed by atoms with Crippen LogP contribution in [0.5, 0.6) is 0 Å². The fourth-order valence-electron chi connectivity index (χ4n) is 2.47. The van der Waals surface area contributed by atoms with E-state index in [2.05, 4.69) is 10.6 Å². The van der Waals surface area contributed by atoms with Crippen molar-refractivity contribution in [1.29, 1.82) is 0 Å². The van der Waals surface area contributed by atoms with Gasteiger partial charge in [-0.1, -0.05) is 12.8 Å². The number of nitrogens with one attached hydrogen (secondary N) is 2. The summed E-state index contributed by atoms with van der Waals surface area (Å²) in [5.41, 5.74) is 1.65. The van der Waals surface area contributed by atoms with E-state index in [0.29, 0.717) is 5.56 Å². The highest BCUT2D eigenvalue weighted by Crippen LogP contribution is 2.19. The predicted molar refractivity (Wildman–Crippen MR) is 76.3 cm³/mol. The van der Waals surface area contributed by atoms with Gasteiger partial charge >= 0.3 is 0 Å². The van der Waals surface area contributed by atoms with Crippen LogP contribution in [0.25, 0.3) is 0 Å². The second-order valence-electron chi connectivity index (χ2n) is 5.04. The maximum absolute atomic E-state index is 12.1. The molecule has 1 aromatic carbocycles. The summed E-state index contributed by atoms with van der Waals surface area (Å²) in [4.78, 5) is 12.1. The smallest absolute Gasteiger partial charge is 0.251 e. The Hall–Kier alpha value is -1.55. The molecule has 0 aromatic heterocycles. The number of amides is 1. The maximum atomic E-state index is 12.1. The molecule has 0 saturated heterocycles. The van der Waals surface area contributed by atoms with Gasteiger partial charge in [-0.05, 0) is 44.0 Å². The van der Waals surface area contributed by atoms with Crippen LogP contribution in [-0.2, 0) is 0 Å². The fourth-order valence-corrected chi connectivity index (χ4v) is 2.47. The van der Waals surface area contributed by atoms with Crippen LogP contribution in [0.2, 0.25) is 0 Å². The molecule has 3 N–H and O–H groups in total. The molecule has 1 aromatic rings. The largest absolute Gasteiger partial charge is 0.391 e. The van der Waals surface area contributed by atoms with Gasteiger partial charge in [0.2, 0.25) is 0 Å². The SMILES string of the molecule is CCNc1ccc(C(=O)NC2CCCCC2O)cc1.